The van der Waals surface area contributed by atoms with Crippen LogP contribution in [-0.2, 0) is 15.0 Å². The Morgan fingerprint density at radius 3 is 2.46 bits per heavy atom. The van der Waals surface area contributed by atoms with Crippen molar-refractivity contribution in [3.8, 4) is 0 Å². The fourth-order valence-electron chi connectivity index (χ4n) is 4.21. The molecule has 4 heteroatoms. The van der Waals surface area contributed by atoms with Crippen molar-refractivity contribution in [2.45, 2.75) is 71.3 Å². The Labute approximate surface area is 157 Å². The van der Waals surface area contributed by atoms with Gasteiger partial charge in [-0.25, -0.2) is 0 Å². The fourth-order valence-corrected chi connectivity index (χ4v) is 4.21. The van der Waals surface area contributed by atoms with E-state index in [9.17, 15) is 9.59 Å². The number of hydrogen-bond acceptors (Lipinski definition) is 2. The van der Waals surface area contributed by atoms with Gasteiger partial charge in [-0.05, 0) is 48.8 Å². The number of anilines is 1. The summed E-state index contributed by atoms with van der Waals surface area (Å²) < 4.78 is 0. The van der Waals surface area contributed by atoms with E-state index in [2.05, 4.69) is 39.8 Å². The van der Waals surface area contributed by atoms with E-state index in [-0.39, 0.29) is 23.1 Å². The topological polar surface area (TPSA) is 40.6 Å². The van der Waals surface area contributed by atoms with Crippen molar-refractivity contribution >= 4 is 17.5 Å². The molecule has 142 valence electrons. The molecule has 26 heavy (non-hydrogen) atoms. The quantitative estimate of drug-likeness (QED) is 0.817. The highest BCUT2D eigenvalue weighted by Gasteiger charge is 2.39. The van der Waals surface area contributed by atoms with Gasteiger partial charge in [0.25, 0.3) is 0 Å². The van der Waals surface area contributed by atoms with Crippen molar-refractivity contribution in [3.05, 3.63) is 29.8 Å². The lowest BCUT2D eigenvalue weighted by atomic mass is 9.87. The van der Waals surface area contributed by atoms with Gasteiger partial charge < -0.3 is 9.80 Å². The highest BCUT2D eigenvalue weighted by atomic mass is 16.2. The molecule has 3 rings (SSSR count). The molecule has 2 saturated heterocycles. The number of benzene rings is 1. The van der Waals surface area contributed by atoms with Crippen LogP contribution >= 0.6 is 0 Å². The predicted molar refractivity (Wildman–Crippen MR) is 105 cm³/mol. The molecule has 0 spiro atoms. The van der Waals surface area contributed by atoms with Gasteiger partial charge in [0.05, 0.1) is 5.92 Å². The third-order valence-electron chi connectivity index (χ3n) is 5.90. The lowest BCUT2D eigenvalue weighted by Gasteiger charge is -2.36. The van der Waals surface area contributed by atoms with Crippen LogP contribution in [0.15, 0.2) is 24.3 Å². The maximum Gasteiger partial charge on any atom is 0.228 e. The van der Waals surface area contributed by atoms with Gasteiger partial charge in [-0.2, -0.15) is 0 Å². The molecule has 2 atom stereocenters. The summed E-state index contributed by atoms with van der Waals surface area (Å²) in [6.45, 7) is 10.1. The number of likely N-dealkylation sites (tertiary alicyclic amines) is 1. The van der Waals surface area contributed by atoms with Crippen molar-refractivity contribution in [2.75, 3.05) is 18.0 Å². The fraction of sp³-hybridized carbons (Fsp3) is 0.636. The molecule has 0 saturated carbocycles. The van der Waals surface area contributed by atoms with Gasteiger partial charge in [0, 0.05) is 31.2 Å². The molecule has 0 aliphatic carbocycles. The maximum atomic E-state index is 13.0. The normalized spacial score (nSPS) is 24.2. The molecule has 4 nitrogen and oxygen atoms in total. The molecule has 2 fully saturated rings. The summed E-state index contributed by atoms with van der Waals surface area (Å²) in [6.07, 6.45) is 4.73. The Morgan fingerprint density at radius 2 is 1.85 bits per heavy atom. The highest BCUT2D eigenvalue weighted by Crippen LogP contribution is 2.31. The van der Waals surface area contributed by atoms with E-state index in [0.717, 1.165) is 31.5 Å². The number of piperidine rings is 1. The molecular formula is C22H32N2O2. The van der Waals surface area contributed by atoms with Crippen molar-refractivity contribution in [3.63, 3.8) is 0 Å². The third kappa shape index (κ3) is 3.79. The summed E-state index contributed by atoms with van der Waals surface area (Å²) in [7, 11) is 0. The van der Waals surface area contributed by atoms with Crippen LogP contribution in [0, 0.1) is 5.92 Å². The minimum Gasteiger partial charge on any atom is -0.339 e. The van der Waals surface area contributed by atoms with E-state index in [4.69, 9.17) is 0 Å². The minimum atomic E-state index is -0.197. The molecule has 2 aliphatic rings. The summed E-state index contributed by atoms with van der Waals surface area (Å²) in [6, 6.07) is 8.57. The van der Waals surface area contributed by atoms with Crippen LogP contribution in [0.5, 0.6) is 0 Å². The van der Waals surface area contributed by atoms with Crippen molar-refractivity contribution in [1.29, 1.82) is 0 Å². The number of amides is 2. The smallest absolute Gasteiger partial charge is 0.228 e. The van der Waals surface area contributed by atoms with Crippen LogP contribution in [0.2, 0.25) is 0 Å². The van der Waals surface area contributed by atoms with Gasteiger partial charge in [-0.3, -0.25) is 9.59 Å². The Balaban J connectivity index is 1.71. The van der Waals surface area contributed by atoms with Crippen LogP contribution in [0.3, 0.4) is 0 Å². The molecule has 2 heterocycles. The monoisotopic (exact) mass is 356 g/mol. The van der Waals surface area contributed by atoms with E-state index >= 15 is 0 Å². The molecule has 0 N–H and O–H groups in total. The summed E-state index contributed by atoms with van der Waals surface area (Å²) in [5, 5.41) is 0. The van der Waals surface area contributed by atoms with Gasteiger partial charge in [0.2, 0.25) is 11.8 Å². The Bertz CT molecular complexity index is 660. The molecule has 2 aliphatic heterocycles. The Hall–Kier alpha value is -1.84. The Kier molecular flexibility index (Phi) is 5.40. The van der Waals surface area contributed by atoms with E-state index in [0.29, 0.717) is 19.0 Å². The molecule has 0 radical (unpaired) electrons. The average Bonchev–Trinajstić information content (AvgIpc) is 3.02. The van der Waals surface area contributed by atoms with Gasteiger partial charge >= 0.3 is 0 Å². The molecule has 2 amide bonds. The molecular weight excluding hydrogens is 324 g/mol. The second-order valence-electron chi connectivity index (χ2n) is 8.79. The van der Waals surface area contributed by atoms with Crippen molar-refractivity contribution in [2.24, 2.45) is 5.92 Å². The first-order chi connectivity index (χ1) is 12.3. The lowest BCUT2D eigenvalue weighted by molar-refractivity contribution is -0.139. The molecule has 2 unspecified atom stereocenters. The van der Waals surface area contributed by atoms with Crippen LogP contribution in [0.25, 0.3) is 0 Å². The van der Waals surface area contributed by atoms with E-state index in [1.54, 1.807) is 4.90 Å². The van der Waals surface area contributed by atoms with Crippen LogP contribution < -0.4 is 4.90 Å². The highest BCUT2D eigenvalue weighted by molar-refractivity contribution is 6.00. The van der Waals surface area contributed by atoms with E-state index in [1.807, 2.05) is 17.0 Å². The van der Waals surface area contributed by atoms with E-state index < -0.39 is 0 Å². The number of nitrogens with zero attached hydrogens (tertiary/aromatic N) is 2. The number of hydrogen-bond donors (Lipinski definition) is 0. The predicted octanol–water partition coefficient (Wildman–Crippen LogP) is 4.13. The first-order valence-electron chi connectivity index (χ1n) is 10.0. The average molecular weight is 357 g/mol. The van der Waals surface area contributed by atoms with Crippen molar-refractivity contribution in [1.82, 2.24) is 4.90 Å². The summed E-state index contributed by atoms with van der Waals surface area (Å²) in [4.78, 5) is 29.4. The number of rotatable bonds is 3. The Morgan fingerprint density at radius 1 is 1.15 bits per heavy atom. The maximum absolute atomic E-state index is 13.0. The largest absolute Gasteiger partial charge is 0.339 e. The summed E-state index contributed by atoms with van der Waals surface area (Å²) >= 11 is 0. The van der Waals surface area contributed by atoms with Gasteiger partial charge in [0.1, 0.15) is 0 Å². The first-order valence-corrected chi connectivity index (χ1v) is 10.0. The lowest BCUT2D eigenvalue weighted by Crippen LogP contribution is -2.46. The summed E-state index contributed by atoms with van der Waals surface area (Å²) in [5.41, 5.74) is 2.25. The van der Waals surface area contributed by atoms with Crippen LogP contribution in [-0.4, -0.2) is 35.8 Å². The second-order valence-corrected chi connectivity index (χ2v) is 8.79. The van der Waals surface area contributed by atoms with E-state index in [1.165, 1.54) is 12.0 Å². The zero-order chi connectivity index (χ0) is 18.9. The zero-order valence-electron chi connectivity index (χ0n) is 16.6. The van der Waals surface area contributed by atoms with Crippen molar-refractivity contribution < 1.29 is 9.59 Å². The third-order valence-corrected chi connectivity index (χ3v) is 5.90. The summed E-state index contributed by atoms with van der Waals surface area (Å²) in [5.74, 6) is 0.0487. The second kappa shape index (κ2) is 7.42. The zero-order valence-corrected chi connectivity index (χ0v) is 16.6. The van der Waals surface area contributed by atoms with Gasteiger partial charge in [-0.1, -0.05) is 39.8 Å². The van der Waals surface area contributed by atoms with Gasteiger partial charge in [-0.15, -0.1) is 0 Å². The first kappa shape index (κ1) is 18.9. The van der Waals surface area contributed by atoms with Crippen LogP contribution in [0.1, 0.15) is 65.4 Å². The van der Waals surface area contributed by atoms with Crippen LogP contribution in [0.4, 0.5) is 5.69 Å². The SMILES string of the molecule is CCC1CCCCN1C(=O)C1CC(=O)N(c2ccc(C(C)(C)C)cc2)C1. The van der Waals surface area contributed by atoms with Gasteiger partial charge in [0.15, 0.2) is 0 Å². The molecule has 0 aromatic heterocycles. The molecule has 0 bridgehead atoms. The minimum absolute atomic E-state index is 0.0666. The molecule has 1 aromatic carbocycles. The standard InChI is InChI=1S/C22H32N2O2/c1-5-18-8-6-7-13-23(18)21(26)16-14-20(25)24(15-16)19-11-9-17(10-12-19)22(2,3)4/h9-12,16,18H,5-8,13-15H2,1-4H3. The number of carbonyl (C=O) groups is 2. The number of carbonyl (C=O) groups excluding carboxylic acids is 2. The molecule has 1 aromatic rings.